The van der Waals surface area contributed by atoms with Crippen LogP contribution < -0.4 is 20.1 Å². The molecule has 0 unspecified atom stereocenters. The molecule has 32 heavy (non-hydrogen) atoms. The highest BCUT2D eigenvalue weighted by Crippen LogP contribution is 2.69. The van der Waals surface area contributed by atoms with E-state index in [-0.39, 0.29) is 40.0 Å². The molecule has 1 amide bonds. The number of amides is 1. The zero-order chi connectivity index (χ0) is 22.5. The zero-order valence-electron chi connectivity index (χ0n) is 17.1. The van der Waals surface area contributed by atoms with E-state index in [4.69, 9.17) is 32.7 Å². The van der Waals surface area contributed by atoms with Gasteiger partial charge in [0.15, 0.2) is 11.9 Å². The predicted octanol–water partition coefficient (Wildman–Crippen LogP) is 4.38. The van der Waals surface area contributed by atoms with Crippen LogP contribution in [-0.4, -0.2) is 36.5 Å². The van der Waals surface area contributed by atoms with Crippen molar-refractivity contribution in [2.24, 2.45) is 5.41 Å². The van der Waals surface area contributed by atoms with Gasteiger partial charge in [0.25, 0.3) is 5.91 Å². The Bertz CT molecular complexity index is 1090. The third kappa shape index (κ3) is 3.99. The van der Waals surface area contributed by atoms with E-state index < -0.39 is 11.9 Å². The summed E-state index contributed by atoms with van der Waals surface area (Å²) in [5.74, 6) is 0.0755. The number of benzene rings is 2. The van der Waals surface area contributed by atoms with Crippen LogP contribution in [0.25, 0.3) is 0 Å². The lowest BCUT2D eigenvalue weighted by Gasteiger charge is -2.70. The van der Waals surface area contributed by atoms with Gasteiger partial charge in [0, 0.05) is 23.0 Å². The average molecular weight is 479 g/mol. The fourth-order valence-electron chi connectivity index (χ4n) is 5.15. The Morgan fingerprint density at radius 2 is 1.97 bits per heavy atom. The summed E-state index contributed by atoms with van der Waals surface area (Å²) in [6.45, 7) is 0.245. The second kappa shape index (κ2) is 7.81. The molecule has 0 saturated heterocycles. The van der Waals surface area contributed by atoms with Crippen LogP contribution in [0, 0.1) is 11.2 Å². The van der Waals surface area contributed by atoms with Gasteiger partial charge in [-0.05, 0) is 55.0 Å². The first-order chi connectivity index (χ1) is 15.2. The Hall–Kier alpha value is -2.51. The zero-order valence-corrected chi connectivity index (χ0v) is 18.6. The van der Waals surface area contributed by atoms with Gasteiger partial charge < -0.3 is 20.1 Å². The molecule has 0 aromatic heterocycles. The van der Waals surface area contributed by atoms with E-state index in [0.29, 0.717) is 23.7 Å². The summed E-state index contributed by atoms with van der Waals surface area (Å²) in [4.78, 5) is 25.1. The monoisotopic (exact) mass is 478 g/mol. The number of Topliss-reactive ketones (excluding diaryl/α,β-unsaturated/α-hetero) is 1. The lowest BCUT2D eigenvalue weighted by atomic mass is 9.38. The lowest BCUT2D eigenvalue weighted by molar-refractivity contribution is -0.175. The van der Waals surface area contributed by atoms with E-state index in [9.17, 15) is 14.0 Å². The smallest absolute Gasteiger partial charge is 0.263 e. The van der Waals surface area contributed by atoms with Crippen LogP contribution in [0.1, 0.15) is 25.7 Å². The topological polar surface area (TPSA) is 76.7 Å². The van der Waals surface area contributed by atoms with Crippen LogP contribution in [-0.2, 0) is 9.59 Å². The summed E-state index contributed by atoms with van der Waals surface area (Å²) in [6, 6.07) is 9.31. The molecule has 3 fully saturated rings. The first-order valence-corrected chi connectivity index (χ1v) is 11.1. The minimum absolute atomic E-state index is 0.00732. The highest BCUT2D eigenvalue weighted by Gasteiger charge is 2.68. The summed E-state index contributed by atoms with van der Waals surface area (Å²) in [6.07, 6.45) is 2.05. The number of carbonyl (C=O) groups is 2. The molecule has 0 radical (unpaired) electrons. The highest BCUT2D eigenvalue weighted by molar-refractivity contribution is 6.31. The maximum atomic E-state index is 13.5. The molecule has 9 heteroatoms. The molecule has 2 N–H and O–H groups in total. The van der Waals surface area contributed by atoms with E-state index in [1.807, 2.05) is 0 Å². The number of anilines is 1. The molecule has 2 aromatic carbocycles. The van der Waals surface area contributed by atoms with Gasteiger partial charge in [-0.2, -0.15) is 0 Å². The van der Waals surface area contributed by atoms with Crippen molar-refractivity contribution in [1.82, 2.24) is 5.32 Å². The minimum Gasteiger partial charge on any atom is -0.486 e. The number of ketones is 1. The summed E-state index contributed by atoms with van der Waals surface area (Å²) in [7, 11) is 0. The normalized spacial score (nSPS) is 27.0. The van der Waals surface area contributed by atoms with Gasteiger partial charge >= 0.3 is 0 Å². The Kier molecular flexibility index (Phi) is 5.21. The number of hydrogen-bond acceptors (Lipinski definition) is 5. The Labute approximate surface area is 194 Å². The molecule has 3 saturated carbocycles. The maximum absolute atomic E-state index is 13.5. The first kappa shape index (κ1) is 21.3. The molecule has 6 nitrogen and oxygen atoms in total. The molecule has 1 heterocycles. The molecular weight excluding hydrogens is 458 g/mol. The fourth-order valence-corrected chi connectivity index (χ4v) is 5.44. The number of fused-ring (bicyclic) bond motifs is 1. The number of ether oxygens (including phenoxy) is 2. The summed E-state index contributed by atoms with van der Waals surface area (Å²) < 4.78 is 24.7. The minimum atomic E-state index is -0.622. The van der Waals surface area contributed by atoms with Crippen molar-refractivity contribution < 1.29 is 23.5 Å². The lowest BCUT2D eigenvalue weighted by Crippen LogP contribution is -2.76. The molecule has 0 spiro atoms. The second-order valence-corrected chi connectivity index (χ2v) is 9.85. The fraction of sp³-hybridized carbons (Fsp3) is 0.391. The van der Waals surface area contributed by atoms with Gasteiger partial charge in [-0.25, -0.2) is 4.39 Å². The standard InChI is InChI=1S/C23H21Cl2FN2O4/c24-13-1-4-19-18(5-13)27-8-20(32-19)21(30)28-23-10-22(11-23,12-23)7-14(29)9-31-15-2-3-16(25)17(26)6-15/h1-6,20,27H,7-12H2,(H,28,30)/t20-,22?,23?/m0/s1. The van der Waals surface area contributed by atoms with Gasteiger partial charge in [-0.3, -0.25) is 9.59 Å². The predicted molar refractivity (Wildman–Crippen MR) is 118 cm³/mol. The van der Waals surface area contributed by atoms with Gasteiger partial charge in [0.1, 0.15) is 23.9 Å². The number of halogens is 3. The van der Waals surface area contributed by atoms with Crippen molar-refractivity contribution in [2.45, 2.75) is 37.3 Å². The molecule has 2 bridgehead atoms. The van der Waals surface area contributed by atoms with Crippen molar-refractivity contribution in [2.75, 3.05) is 18.5 Å². The number of rotatable bonds is 7. The summed E-state index contributed by atoms with van der Waals surface area (Å²) >= 11 is 11.6. The SMILES string of the molecule is O=C(COc1ccc(Cl)c(F)c1)CC12CC(NC(=O)[C@@H]3CNc4cc(Cl)ccc4O3)(C1)C2. The van der Waals surface area contributed by atoms with Crippen molar-refractivity contribution in [3.8, 4) is 11.5 Å². The molecule has 6 rings (SSSR count). The van der Waals surface area contributed by atoms with Crippen LogP contribution in [0.4, 0.5) is 10.1 Å². The van der Waals surface area contributed by atoms with Crippen LogP contribution in [0.3, 0.4) is 0 Å². The quantitative estimate of drug-likeness (QED) is 0.617. The summed E-state index contributed by atoms with van der Waals surface area (Å²) in [5, 5.41) is 6.89. The largest absolute Gasteiger partial charge is 0.486 e. The van der Waals surface area contributed by atoms with Crippen molar-refractivity contribution in [1.29, 1.82) is 0 Å². The van der Waals surface area contributed by atoms with Crippen LogP contribution >= 0.6 is 23.2 Å². The van der Waals surface area contributed by atoms with E-state index in [1.165, 1.54) is 12.1 Å². The third-order valence-corrected chi connectivity index (χ3v) is 6.91. The van der Waals surface area contributed by atoms with Crippen LogP contribution in [0.2, 0.25) is 10.0 Å². The second-order valence-electron chi connectivity index (χ2n) is 9.01. The number of hydrogen-bond donors (Lipinski definition) is 2. The van der Waals surface area contributed by atoms with Gasteiger partial charge in [-0.15, -0.1) is 0 Å². The van der Waals surface area contributed by atoms with Crippen LogP contribution in [0.15, 0.2) is 36.4 Å². The molecule has 3 aliphatic carbocycles. The number of nitrogens with one attached hydrogen (secondary N) is 2. The molecule has 4 aliphatic rings. The average Bonchev–Trinajstić information content (AvgIpc) is 2.71. The molecule has 1 atom stereocenters. The van der Waals surface area contributed by atoms with Crippen molar-refractivity contribution in [3.05, 3.63) is 52.3 Å². The Morgan fingerprint density at radius 1 is 1.19 bits per heavy atom. The Morgan fingerprint density at radius 3 is 2.72 bits per heavy atom. The van der Waals surface area contributed by atoms with E-state index in [0.717, 1.165) is 31.0 Å². The molecule has 2 aromatic rings. The van der Waals surface area contributed by atoms with Crippen LogP contribution in [0.5, 0.6) is 11.5 Å². The first-order valence-electron chi connectivity index (χ1n) is 10.4. The third-order valence-electron chi connectivity index (χ3n) is 6.37. The van der Waals surface area contributed by atoms with E-state index in [1.54, 1.807) is 18.2 Å². The Balaban J connectivity index is 1.08. The maximum Gasteiger partial charge on any atom is 0.263 e. The van der Waals surface area contributed by atoms with E-state index >= 15 is 0 Å². The van der Waals surface area contributed by atoms with Gasteiger partial charge in [0.05, 0.1) is 17.3 Å². The summed E-state index contributed by atoms with van der Waals surface area (Å²) in [5.41, 5.74) is 0.447. The van der Waals surface area contributed by atoms with Crippen molar-refractivity contribution >= 4 is 40.6 Å². The molecular formula is C23H21Cl2FN2O4. The van der Waals surface area contributed by atoms with E-state index in [2.05, 4.69) is 10.6 Å². The van der Waals surface area contributed by atoms with Gasteiger partial charge in [0.2, 0.25) is 0 Å². The molecule has 168 valence electrons. The highest BCUT2D eigenvalue weighted by atomic mass is 35.5. The van der Waals surface area contributed by atoms with Gasteiger partial charge in [-0.1, -0.05) is 23.2 Å². The molecule has 1 aliphatic heterocycles. The van der Waals surface area contributed by atoms with Crippen molar-refractivity contribution in [3.63, 3.8) is 0 Å². The number of carbonyl (C=O) groups excluding carboxylic acids is 2.